The van der Waals surface area contributed by atoms with Crippen LogP contribution in [0.1, 0.15) is 32.3 Å². The van der Waals surface area contributed by atoms with E-state index in [4.69, 9.17) is 5.11 Å². The van der Waals surface area contributed by atoms with Gasteiger partial charge >= 0.3 is 5.97 Å². The van der Waals surface area contributed by atoms with Gasteiger partial charge in [-0.2, -0.15) is 0 Å². The summed E-state index contributed by atoms with van der Waals surface area (Å²) in [5.74, 6) is -1.17. The Balaban J connectivity index is 2.66. The average Bonchev–Trinajstić information content (AvgIpc) is 2.41. The summed E-state index contributed by atoms with van der Waals surface area (Å²) in [4.78, 5) is 24.5. The van der Waals surface area contributed by atoms with Crippen LogP contribution >= 0.6 is 0 Å². The number of carbonyl (C=O) groups excluding carboxylic acids is 1. The second-order valence-corrected chi connectivity index (χ2v) is 5.42. The number of rotatable bonds is 8. The molecule has 0 saturated heterocycles. The summed E-state index contributed by atoms with van der Waals surface area (Å²) < 4.78 is 0. The molecule has 0 radical (unpaired) electrons. The molecule has 0 bridgehead atoms. The molecule has 0 aromatic heterocycles. The number of carboxylic acids is 1. The number of aryl methyl sites for hydroxylation is 1. The minimum absolute atomic E-state index is 0.160. The summed E-state index contributed by atoms with van der Waals surface area (Å²) in [6, 6.07) is 7.69. The summed E-state index contributed by atoms with van der Waals surface area (Å²) in [5.41, 5.74) is 1.70. The number of hydrogen-bond donors (Lipinski definition) is 2. The highest BCUT2D eigenvalue weighted by molar-refractivity contribution is 5.97. The van der Waals surface area contributed by atoms with Gasteiger partial charge in [-0.25, -0.2) is 0 Å². The summed E-state index contributed by atoms with van der Waals surface area (Å²) in [5, 5.41) is 12.2. The lowest BCUT2D eigenvalue weighted by Crippen LogP contribution is -2.36. The van der Waals surface area contributed by atoms with Gasteiger partial charge in [0, 0.05) is 18.2 Å². The lowest BCUT2D eigenvalue weighted by molar-refractivity contribution is -0.136. The van der Waals surface area contributed by atoms with Crippen LogP contribution in [-0.2, 0) is 9.59 Å². The van der Waals surface area contributed by atoms with Crippen LogP contribution in [-0.4, -0.2) is 36.1 Å². The number of amides is 1. The van der Waals surface area contributed by atoms with Crippen molar-refractivity contribution in [3.05, 3.63) is 29.8 Å². The van der Waals surface area contributed by atoms with Crippen LogP contribution in [0.2, 0.25) is 0 Å². The summed E-state index contributed by atoms with van der Waals surface area (Å²) in [6.07, 6.45) is 1.03. The Labute approximate surface area is 126 Å². The smallest absolute Gasteiger partial charge is 0.323 e. The molecule has 1 rings (SSSR count). The van der Waals surface area contributed by atoms with Crippen LogP contribution in [0.15, 0.2) is 24.3 Å². The molecule has 21 heavy (non-hydrogen) atoms. The molecule has 5 nitrogen and oxygen atoms in total. The standard InChI is InChI=1S/C16H24N2O3/c1-12(2)17-10-4-5-15(19)18(11-16(20)21)14-8-6-13(3)7-9-14/h6-9,12,17H,4-5,10-11H2,1-3H3,(H,20,21). The molecule has 0 aliphatic rings. The van der Waals surface area contributed by atoms with Crippen LogP contribution in [0.25, 0.3) is 0 Å². The van der Waals surface area contributed by atoms with E-state index in [1.165, 1.54) is 4.90 Å². The zero-order valence-electron chi connectivity index (χ0n) is 12.9. The number of aliphatic carboxylic acids is 1. The zero-order valence-corrected chi connectivity index (χ0v) is 12.9. The fraction of sp³-hybridized carbons (Fsp3) is 0.500. The first kappa shape index (κ1) is 17.2. The molecule has 1 aromatic rings. The fourth-order valence-corrected chi connectivity index (χ4v) is 1.95. The number of carboxylic acid groups (broad SMARTS) is 1. The molecule has 1 aromatic carbocycles. The molecule has 116 valence electrons. The molecular weight excluding hydrogens is 268 g/mol. The van der Waals surface area contributed by atoms with Crippen molar-refractivity contribution in [2.24, 2.45) is 0 Å². The minimum Gasteiger partial charge on any atom is -0.480 e. The van der Waals surface area contributed by atoms with Gasteiger partial charge in [0.2, 0.25) is 5.91 Å². The van der Waals surface area contributed by atoms with E-state index < -0.39 is 5.97 Å². The third-order valence-electron chi connectivity index (χ3n) is 3.06. The lowest BCUT2D eigenvalue weighted by Gasteiger charge is -2.21. The van der Waals surface area contributed by atoms with Crippen molar-refractivity contribution in [3.8, 4) is 0 Å². The predicted molar refractivity (Wildman–Crippen MR) is 83.5 cm³/mol. The number of nitrogens with one attached hydrogen (secondary N) is 1. The maximum absolute atomic E-state index is 12.2. The summed E-state index contributed by atoms with van der Waals surface area (Å²) in [7, 11) is 0. The molecule has 2 N–H and O–H groups in total. The van der Waals surface area contributed by atoms with E-state index in [9.17, 15) is 9.59 Å². The van der Waals surface area contributed by atoms with Gasteiger partial charge in [0.15, 0.2) is 0 Å². The Morgan fingerprint density at radius 1 is 1.24 bits per heavy atom. The number of benzene rings is 1. The molecule has 0 saturated carbocycles. The molecule has 0 atom stereocenters. The molecule has 0 heterocycles. The Morgan fingerprint density at radius 3 is 2.38 bits per heavy atom. The van der Waals surface area contributed by atoms with Crippen LogP contribution in [0.3, 0.4) is 0 Å². The van der Waals surface area contributed by atoms with Gasteiger partial charge in [0.1, 0.15) is 6.54 Å². The van der Waals surface area contributed by atoms with Gasteiger partial charge in [-0.1, -0.05) is 31.5 Å². The van der Waals surface area contributed by atoms with Crippen LogP contribution in [0, 0.1) is 6.92 Å². The lowest BCUT2D eigenvalue weighted by atomic mass is 10.2. The van der Waals surface area contributed by atoms with E-state index in [0.717, 1.165) is 12.1 Å². The number of carbonyl (C=O) groups is 2. The average molecular weight is 292 g/mol. The van der Waals surface area contributed by atoms with Crippen LogP contribution in [0.5, 0.6) is 0 Å². The van der Waals surface area contributed by atoms with Gasteiger partial charge in [0.25, 0.3) is 0 Å². The van der Waals surface area contributed by atoms with Crippen LogP contribution < -0.4 is 10.2 Å². The highest BCUT2D eigenvalue weighted by Crippen LogP contribution is 2.16. The van der Waals surface area contributed by atoms with E-state index in [2.05, 4.69) is 5.32 Å². The van der Waals surface area contributed by atoms with Crippen molar-refractivity contribution >= 4 is 17.6 Å². The van der Waals surface area contributed by atoms with Crippen molar-refractivity contribution in [1.29, 1.82) is 0 Å². The molecule has 0 aliphatic carbocycles. The van der Waals surface area contributed by atoms with E-state index in [-0.39, 0.29) is 12.5 Å². The third kappa shape index (κ3) is 6.40. The fourth-order valence-electron chi connectivity index (χ4n) is 1.95. The second kappa shape index (κ2) is 8.42. The van der Waals surface area contributed by atoms with Crippen molar-refractivity contribution in [2.45, 2.75) is 39.7 Å². The molecule has 0 aliphatic heterocycles. The summed E-state index contributed by atoms with van der Waals surface area (Å²) in [6.45, 7) is 6.48. The quantitative estimate of drug-likeness (QED) is 0.721. The largest absolute Gasteiger partial charge is 0.480 e. The normalized spacial score (nSPS) is 10.7. The molecular formula is C16H24N2O3. The monoisotopic (exact) mass is 292 g/mol. The highest BCUT2D eigenvalue weighted by atomic mass is 16.4. The van der Waals surface area contributed by atoms with Gasteiger partial charge < -0.3 is 15.3 Å². The van der Waals surface area contributed by atoms with Gasteiger partial charge in [-0.3, -0.25) is 9.59 Å². The van der Waals surface area contributed by atoms with Crippen molar-refractivity contribution < 1.29 is 14.7 Å². The van der Waals surface area contributed by atoms with Crippen LogP contribution in [0.4, 0.5) is 5.69 Å². The molecule has 0 spiro atoms. The van der Waals surface area contributed by atoms with E-state index >= 15 is 0 Å². The number of anilines is 1. The second-order valence-electron chi connectivity index (χ2n) is 5.42. The topological polar surface area (TPSA) is 69.6 Å². The summed E-state index contributed by atoms with van der Waals surface area (Å²) >= 11 is 0. The first-order valence-electron chi connectivity index (χ1n) is 7.22. The van der Waals surface area contributed by atoms with E-state index in [1.807, 2.05) is 32.9 Å². The maximum atomic E-state index is 12.2. The SMILES string of the molecule is Cc1ccc(N(CC(=O)O)C(=O)CCCNC(C)C)cc1. The minimum atomic E-state index is -1.01. The maximum Gasteiger partial charge on any atom is 0.323 e. The van der Waals surface area contributed by atoms with Gasteiger partial charge in [0.05, 0.1) is 0 Å². The Kier molecular flexibility index (Phi) is 6.88. The third-order valence-corrected chi connectivity index (χ3v) is 3.06. The Hall–Kier alpha value is -1.88. The van der Waals surface area contributed by atoms with Crippen molar-refractivity contribution in [2.75, 3.05) is 18.0 Å². The number of nitrogens with zero attached hydrogens (tertiary/aromatic N) is 1. The molecule has 0 unspecified atom stereocenters. The van der Waals surface area contributed by atoms with Gasteiger partial charge in [-0.15, -0.1) is 0 Å². The van der Waals surface area contributed by atoms with Crippen molar-refractivity contribution in [3.63, 3.8) is 0 Å². The zero-order chi connectivity index (χ0) is 15.8. The first-order valence-corrected chi connectivity index (χ1v) is 7.22. The van der Waals surface area contributed by atoms with Crippen molar-refractivity contribution in [1.82, 2.24) is 5.32 Å². The molecule has 1 amide bonds. The highest BCUT2D eigenvalue weighted by Gasteiger charge is 2.18. The Morgan fingerprint density at radius 2 is 1.86 bits per heavy atom. The van der Waals surface area contributed by atoms with E-state index in [1.54, 1.807) is 12.1 Å². The number of hydrogen-bond acceptors (Lipinski definition) is 3. The van der Waals surface area contributed by atoms with Gasteiger partial charge in [-0.05, 0) is 32.0 Å². The predicted octanol–water partition coefficient (Wildman–Crippen LogP) is 2.19. The van der Waals surface area contributed by atoms with E-state index in [0.29, 0.717) is 24.6 Å². The Bertz CT molecular complexity index is 469. The first-order chi connectivity index (χ1) is 9.90. The molecule has 5 heteroatoms. The molecule has 0 fully saturated rings.